The van der Waals surface area contributed by atoms with Gasteiger partial charge in [-0.2, -0.15) is 17.9 Å². The number of thiol groups is 1. The molecule has 0 rings (SSSR count). The van der Waals surface area contributed by atoms with Gasteiger partial charge in [0.15, 0.2) is 0 Å². The summed E-state index contributed by atoms with van der Waals surface area (Å²) in [6.07, 6.45) is 0.698. The van der Waals surface area contributed by atoms with Crippen molar-refractivity contribution in [3.63, 3.8) is 0 Å². The molecule has 8 heavy (non-hydrogen) atoms. The van der Waals surface area contributed by atoms with E-state index in [4.69, 9.17) is 11.0 Å². The average molecular weight is 130 g/mol. The van der Waals surface area contributed by atoms with Crippen molar-refractivity contribution in [2.45, 2.75) is 18.1 Å². The molecule has 0 aromatic carbocycles. The summed E-state index contributed by atoms with van der Waals surface area (Å²) in [5.41, 5.74) is 5.23. The molecule has 0 aliphatic rings. The lowest BCUT2D eigenvalue weighted by atomic mass is 10.1. The largest absolute Gasteiger partial charge is 0.328 e. The number of nitrogens with zero attached hydrogens (tertiary/aromatic N) is 1. The predicted molar refractivity (Wildman–Crippen MR) is 36.7 cm³/mol. The molecule has 0 aliphatic carbocycles. The third kappa shape index (κ3) is 1.73. The van der Waals surface area contributed by atoms with Crippen LogP contribution in [0.2, 0.25) is 0 Å². The predicted octanol–water partition coefficient (Wildman–Crippen LogP) is 0.547. The highest BCUT2D eigenvalue weighted by Crippen LogP contribution is 2.14. The Kier molecular flexibility index (Phi) is 2.88. The summed E-state index contributed by atoms with van der Waals surface area (Å²) in [4.78, 5) is 0. The lowest BCUT2D eigenvalue weighted by Gasteiger charge is -2.13. The van der Waals surface area contributed by atoms with E-state index in [0.29, 0.717) is 13.0 Å². The van der Waals surface area contributed by atoms with Gasteiger partial charge in [-0.1, -0.05) is 6.92 Å². The zero-order valence-electron chi connectivity index (χ0n) is 4.89. The van der Waals surface area contributed by atoms with E-state index in [9.17, 15) is 0 Å². The van der Waals surface area contributed by atoms with Crippen molar-refractivity contribution in [3.8, 4) is 6.07 Å². The first-order valence-corrected chi connectivity index (χ1v) is 2.97. The molecule has 0 heterocycles. The van der Waals surface area contributed by atoms with Crippen molar-refractivity contribution < 1.29 is 0 Å². The van der Waals surface area contributed by atoms with E-state index in [2.05, 4.69) is 12.6 Å². The maximum absolute atomic E-state index is 8.38. The van der Waals surface area contributed by atoms with Gasteiger partial charge in [0.2, 0.25) is 0 Å². The van der Waals surface area contributed by atoms with E-state index in [1.165, 1.54) is 0 Å². The molecule has 2 nitrogen and oxygen atoms in total. The number of nitriles is 1. The van der Waals surface area contributed by atoms with Crippen LogP contribution in [0.1, 0.15) is 13.3 Å². The standard InChI is InChI=1S/C5H10N2S/c1-2-5(8,3-6)4-7/h8H,2-3,6H2,1H3. The van der Waals surface area contributed by atoms with Gasteiger partial charge in [0, 0.05) is 6.54 Å². The Morgan fingerprint density at radius 1 is 1.88 bits per heavy atom. The molecule has 0 spiro atoms. The fourth-order valence-corrected chi connectivity index (χ4v) is 0.269. The minimum absolute atomic E-state index is 0.323. The Labute approximate surface area is 55.1 Å². The molecule has 0 aromatic rings. The topological polar surface area (TPSA) is 49.8 Å². The van der Waals surface area contributed by atoms with Crippen LogP contribution in [0.15, 0.2) is 0 Å². The summed E-state index contributed by atoms with van der Waals surface area (Å²) in [6, 6.07) is 2.02. The van der Waals surface area contributed by atoms with E-state index < -0.39 is 4.75 Å². The number of nitrogens with two attached hydrogens (primary N) is 1. The number of hydrogen-bond donors (Lipinski definition) is 2. The van der Waals surface area contributed by atoms with E-state index in [0.717, 1.165) is 0 Å². The third-order valence-corrected chi connectivity index (χ3v) is 1.73. The van der Waals surface area contributed by atoms with Crippen LogP contribution in [0.5, 0.6) is 0 Å². The molecule has 0 aliphatic heterocycles. The normalized spacial score (nSPS) is 16.8. The molecular weight excluding hydrogens is 120 g/mol. The van der Waals surface area contributed by atoms with E-state index in [1.807, 2.05) is 13.0 Å². The molecule has 3 heteroatoms. The van der Waals surface area contributed by atoms with Crippen LogP contribution >= 0.6 is 12.6 Å². The van der Waals surface area contributed by atoms with Crippen molar-refractivity contribution in [1.82, 2.24) is 0 Å². The van der Waals surface area contributed by atoms with Gasteiger partial charge in [0.05, 0.1) is 6.07 Å². The van der Waals surface area contributed by atoms with Gasteiger partial charge < -0.3 is 5.73 Å². The Balaban J connectivity index is 3.83. The molecule has 0 aromatic heterocycles. The first kappa shape index (κ1) is 7.80. The lowest BCUT2D eigenvalue weighted by Crippen LogP contribution is -2.28. The van der Waals surface area contributed by atoms with Gasteiger partial charge in [-0.25, -0.2) is 0 Å². The highest BCUT2D eigenvalue weighted by molar-refractivity contribution is 7.82. The summed E-state index contributed by atoms with van der Waals surface area (Å²) in [6.45, 7) is 2.21. The molecule has 0 radical (unpaired) electrons. The van der Waals surface area contributed by atoms with Crippen LogP contribution in [0, 0.1) is 11.3 Å². The molecule has 0 saturated heterocycles. The first-order chi connectivity index (χ1) is 3.68. The van der Waals surface area contributed by atoms with Crippen molar-refractivity contribution >= 4 is 12.6 Å². The fourth-order valence-electron chi connectivity index (χ4n) is 0.269. The molecule has 1 atom stereocenters. The van der Waals surface area contributed by atoms with E-state index in [1.54, 1.807) is 0 Å². The molecule has 0 amide bonds. The summed E-state index contributed by atoms with van der Waals surface area (Å²) in [5, 5.41) is 8.38. The average Bonchev–Trinajstić information content (AvgIpc) is 1.87. The number of rotatable bonds is 2. The zero-order valence-corrected chi connectivity index (χ0v) is 5.78. The Morgan fingerprint density at radius 3 is 2.38 bits per heavy atom. The summed E-state index contributed by atoms with van der Waals surface area (Å²) >= 11 is 4.03. The summed E-state index contributed by atoms with van der Waals surface area (Å²) in [7, 11) is 0. The molecule has 0 saturated carbocycles. The number of hydrogen-bond acceptors (Lipinski definition) is 3. The maximum Gasteiger partial charge on any atom is 0.111 e. The minimum Gasteiger partial charge on any atom is -0.328 e. The quantitative estimate of drug-likeness (QED) is 0.536. The molecule has 46 valence electrons. The van der Waals surface area contributed by atoms with Crippen LogP contribution in [-0.4, -0.2) is 11.3 Å². The highest BCUT2D eigenvalue weighted by atomic mass is 32.1. The maximum atomic E-state index is 8.38. The molecule has 0 bridgehead atoms. The van der Waals surface area contributed by atoms with Gasteiger partial charge in [-0.05, 0) is 6.42 Å². The van der Waals surface area contributed by atoms with Gasteiger partial charge in [0.1, 0.15) is 4.75 Å². The van der Waals surface area contributed by atoms with Crippen LogP contribution in [0.4, 0.5) is 0 Å². The van der Waals surface area contributed by atoms with E-state index >= 15 is 0 Å². The Morgan fingerprint density at radius 2 is 2.38 bits per heavy atom. The zero-order chi connectivity index (χ0) is 6.62. The van der Waals surface area contributed by atoms with Crippen molar-refractivity contribution in [1.29, 1.82) is 5.26 Å². The minimum atomic E-state index is -0.597. The van der Waals surface area contributed by atoms with Gasteiger partial charge in [-0.15, -0.1) is 0 Å². The van der Waals surface area contributed by atoms with Gasteiger partial charge in [-0.3, -0.25) is 0 Å². The Hall–Kier alpha value is -0.200. The SMILES string of the molecule is CCC(S)(C#N)CN. The fraction of sp³-hybridized carbons (Fsp3) is 0.800. The van der Waals surface area contributed by atoms with Crippen LogP contribution < -0.4 is 5.73 Å². The molecule has 2 N–H and O–H groups in total. The second kappa shape index (κ2) is 2.95. The van der Waals surface area contributed by atoms with Crippen LogP contribution in [-0.2, 0) is 0 Å². The monoisotopic (exact) mass is 130 g/mol. The summed E-state index contributed by atoms with van der Waals surface area (Å²) in [5.74, 6) is 0. The smallest absolute Gasteiger partial charge is 0.111 e. The first-order valence-electron chi connectivity index (χ1n) is 2.52. The Bertz CT molecular complexity index is 101. The van der Waals surface area contributed by atoms with Crippen LogP contribution in [0.25, 0.3) is 0 Å². The summed E-state index contributed by atoms with van der Waals surface area (Å²) < 4.78 is -0.597. The third-order valence-electron chi connectivity index (χ3n) is 1.13. The lowest BCUT2D eigenvalue weighted by molar-refractivity contribution is 0.711. The molecular formula is C5H10N2S. The second-order valence-electron chi connectivity index (χ2n) is 1.70. The molecule has 1 unspecified atom stereocenters. The van der Waals surface area contributed by atoms with Crippen molar-refractivity contribution in [3.05, 3.63) is 0 Å². The van der Waals surface area contributed by atoms with Crippen LogP contribution in [0.3, 0.4) is 0 Å². The second-order valence-corrected chi connectivity index (χ2v) is 2.56. The van der Waals surface area contributed by atoms with E-state index in [-0.39, 0.29) is 0 Å². The van der Waals surface area contributed by atoms with Crippen molar-refractivity contribution in [2.75, 3.05) is 6.54 Å². The molecule has 0 fully saturated rings. The van der Waals surface area contributed by atoms with Gasteiger partial charge >= 0.3 is 0 Å². The highest BCUT2D eigenvalue weighted by Gasteiger charge is 2.19. The van der Waals surface area contributed by atoms with Crippen molar-refractivity contribution in [2.24, 2.45) is 5.73 Å². The van der Waals surface area contributed by atoms with Gasteiger partial charge in [0.25, 0.3) is 0 Å².